The molecule has 72 valence electrons. The molecule has 13 heavy (non-hydrogen) atoms. The Morgan fingerprint density at radius 2 is 2.00 bits per heavy atom. The number of benzene rings is 1. The number of nitrogens with zero attached hydrogens (tertiary/aromatic N) is 1. The third-order valence-electron chi connectivity index (χ3n) is 2.06. The van der Waals surface area contributed by atoms with Crippen molar-refractivity contribution in [2.45, 2.75) is 6.04 Å². The number of hydrogen-bond donors (Lipinski definition) is 1. The molecule has 1 aromatic carbocycles. The highest BCUT2D eigenvalue weighted by atomic mass is 32.1. The summed E-state index contributed by atoms with van der Waals surface area (Å²) in [5, 5.41) is 0. The molecular weight excluding hydrogens is 185 g/mol. The molecule has 0 bridgehead atoms. The summed E-state index contributed by atoms with van der Waals surface area (Å²) in [5.74, 6) is 0.462. The lowest BCUT2D eigenvalue weighted by Crippen LogP contribution is -2.22. The second kappa shape index (κ2) is 4.63. The van der Waals surface area contributed by atoms with Crippen molar-refractivity contribution >= 4 is 12.6 Å². The number of thiol groups is 1. The van der Waals surface area contributed by atoms with E-state index in [1.807, 2.05) is 25.1 Å². The Balaban J connectivity index is 2.97. The maximum absolute atomic E-state index is 13.3. The second-order valence-corrected chi connectivity index (χ2v) is 3.55. The molecule has 0 saturated heterocycles. The summed E-state index contributed by atoms with van der Waals surface area (Å²) in [4.78, 5) is 1.96. The molecule has 0 heterocycles. The highest BCUT2D eigenvalue weighted by Gasteiger charge is 2.15. The zero-order valence-corrected chi connectivity index (χ0v) is 8.76. The Morgan fingerprint density at radius 1 is 1.38 bits per heavy atom. The van der Waals surface area contributed by atoms with E-state index in [2.05, 4.69) is 12.6 Å². The summed E-state index contributed by atoms with van der Waals surface area (Å²) in [5.41, 5.74) is 0.711. The summed E-state index contributed by atoms with van der Waals surface area (Å²) in [6.45, 7) is 0. The first-order valence-electron chi connectivity index (χ1n) is 4.18. The third kappa shape index (κ3) is 2.45. The van der Waals surface area contributed by atoms with E-state index in [4.69, 9.17) is 0 Å². The van der Waals surface area contributed by atoms with E-state index in [0.717, 1.165) is 0 Å². The van der Waals surface area contributed by atoms with Gasteiger partial charge in [-0.2, -0.15) is 12.6 Å². The lowest BCUT2D eigenvalue weighted by molar-refractivity contribution is 0.318. The molecule has 0 saturated carbocycles. The van der Waals surface area contributed by atoms with Gasteiger partial charge in [-0.15, -0.1) is 0 Å². The van der Waals surface area contributed by atoms with Crippen LogP contribution < -0.4 is 0 Å². The van der Waals surface area contributed by atoms with Crippen LogP contribution in [-0.4, -0.2) is 24.7 Å². The maximum atomic E-state index is 13.3. The van der Waals surface area contributed by atoms with Gasteiger partial charge in [-0.05, 0) is 20.2 Å². The topological polar surface area (TPSA) is 3.24 Å². The largest absolute Gasteiger partial charge is 0.301 e. The smallest absolute Gasteiger partial charge is 0.128 e. The maximum Gasteiger partial charge on any atom is 0.128 e. The van der Waals surface area contributed by atoms with Gasteiger partial charge in [0.2, 0.25) is 0 Å². The fourth-order valence-corrected chi connectivity index (χ4v) is 1.81. The van der Waals surface area contributed by atoms with Crippen LogP contribution in [-0.2, 0) is 0 Å². The van der Waals surface area contributed by atoms with Gasteiger partial charge in [0, 0.05) is 17.4 Å². The van der Waals surface area contributed by atoms with E-state index >= 15 is 0 Å². The Hall–Kier alpha value is -0.540. The van der Waals surface area contributed by atoms with Crippen LogP contribution in [0.5, 0.6) is 0 Å². The first kappa shape index (κ1) is 10.5. The van der Waals surface area contributed by atoms with Crippen molar-refractivity contribution in [2.75, 3.05) is 19.8 Å². The van der Waals surface area contributed by atoms with Gasteiger partial charge in [-0.1, -0.05) is 18.2 Å². The van der Waals surface area contributed by atoms with Gasteiger partial charge in [0.1, 0.15) is 5.82 Å². The van der Waals surface area contributed by atoms with Crippen molar-refractivity contribution in [3.05, 3.63) is 35.6 Å². The van der Waals surface area contributed by atoms with Gasteiger partial charge >= 0.3 is 0 Å². The van der Waals surface area contributed by atoms with Crippen LogP contribution in [0, 0.1) is 5.82 Å². The van der Waals surface area contributed by atoms with Gasteiger partial charge in [-0.3, -0.25) is 0 Å². The van der Waals surface area contributed by atoms with Crippen molar-refractivity contribution in [1.29, 1.82) is 0 Å². The number of halogens is 1. The monoisotopic (exact) mass is 199 g/mol. The van der Waals surface area contributed by atoms with Gasteiger partial charge in [-0.25, -0.2) is 4.39 Å². The Labute approximate surface area is 84.0 Å². The van der Waals surface area contributed by atoms with Crippen molar-refractivity contribution in [1.82, 2.24) is 4.90 Å². The van der Waals surface area contributed by atoms with Crippen LogP contribution in [0.3, 0.4) is 0 Å². The van der Waals surface area contributed by atoms with Gasteiger partial charge in [0.05, 0.1) is 0 Å². The predicted molar refractivity (Wildman–Crippen MR) is 56.7 cm³/mol. The third-order valence-corrected chi connectivity index (χ3v) is 2.41. The van der Waals surface area contributed by atoms with E-state index in [9.17, 15) is 4.39 Å². The first-order valence-corrected chi connectivity index (χ1v) is 4.81. The highest BCUT2D eigenvalue weighted by Crippen LogP contribution is 2.21. The minimum atomic E-state index is -0.157. The average Bonchev–Trinajstić information content (AvgIpc) is 2.09. The van der Waals surface area contributed by atoms with Gasteiger partial charge < -0.3 is 4.90 Å². The summed E-state index contributed by atoms with van der Waals surface area (Å²) >= 11 is 4.21. The first-order chi connectivity index (χ1) is 6.16. The molecule has 0 aliphatic heterocycles. The van der Waals surface area contributed by atoms with Gasteiger partial charge in [0.25, 0.3) is 0 Å². The molecule has 3 heteroatoms. The quantitative estimate of drug-likeness (QED) is 0.731. The lowest BCUT2D eigenvalue weighted by atomic mass is 10.1. The van der Waals surface area contributed by atoms with E-state index in [0.29, 0.717) is 11.3 Å². The van der Waals surface area contributed by atoms with Crippen molar-refractivity contribution < 1.29 is 4.39 Å². The van der Waals surface area contributed by atoms with Crippen LogP contribution in [0.15, 0.2) is 24.3 Å². The average molecular weight is 199 g/mol. The molecule has 0 N–H and O–H groups in total. The number of rotatable bonds is 3. The van der Waals surface area contributed by atoms with Crippen LogP contribution in [0.2, 0.25) is 0 Å². The minimum absolute atomic E-state index is 0.0459. The molecule has 1 atom stereocenters. The molecule has 0 spiro atoms. The van der Waals surface area contributed by atoms with E-state index in [-0.39, 0.29) is 11.9 Å². The molecule has 1 nitrogen and oxygen atoms in total. The Morgan fingerprint density at radius 3 is 2.46 bits per heavy atom. The number of hydrogen-bond acceptors (Lipinski definition) is 2. The van der Waals surface area contributed by atoms with E-state index in [1.165, 1.54) is 6.07 Å². The van der Waals surface area contributed by atoms with Crippen LogP contribution >= 0.6 is 12.6 Å². The second-order valence-electron chi connectivity index (χ2n) is 3.18. The summed E-state index contributed by atoms with van der Waals surface area (Å²) in [7, 11) is 3.85. The molecule has 0 amide bonds. The molecule has 0 aliphatic rings. The SMILES string of the molecule is CN(C)[C@@H](CS)c1ccccc1F. The van der Waals surface area contributed by atoms with E-state index in [1.54, 1.807) is 12.1 Å². The summed E-state index contributed by atoms with van der Waals surface area (Å²) < 4.78 is 13.3. The molecule has 1 rings (SSSR count). The molecule has 0 aromatic heterocycles. The molecule has 0 unspecified atom stereocenters. The van der Waals surface area contributed by atoms with Crippen molar-refractivity contribution in [3.63, 3.8) is 0 Å². The van der Waals surface area contributed by atoms with Crippen LogP contribution in [0.4, 0.5) is 4.39 Å². The molecule has 0 radical (unpaired) electrons. The molecule has 0 aliphatic carbocycles. The predicted octanol–water partition coefficient (Wildman–Crippen LogP) is 2.36. The zero-order chi connectivity index (χ0) is 9.84. The summed E-state index contributed by atoms with van der Waals surface area (Å²) in [6, 6.07) is 6.87. The molecule has 1 aromatic rings. The molecular formula is C10H14FNS. The molecule has 0 fully saturated rings. The van der Waals surface area contributed by atoms with Crippen molar-refractivity contribution in [2.24, 2.45) is 0 Å². The van der Waals surface area contributed by atoms with Gasteiger partial charge in [0.15, 0.2) is 0 Å². The highest BCUT2D eigenvalue weighted by molar-refractivity contribution is 7.80. The van der Waals surface area contributed by atoms with E-state index < -0.39 is 0 Å². The Kier molecular flexibility index (Phi) is 3.75. The minimum Gasteiger partial charge on any atom is -0.301 e. The lowest BCUT2D eigenvalue weighted by Gasteiger charge is -2.23. The zero-order valence-electron chi connectivity index (χ0n) is 7.87. The fourth-order valence-electron chi connectivity index (χ4n) is 1.29. The summed E-state index contributed by atoms with van der Waals surface area (Å²) in [6.07, 6.45) is 0. The van der Waals surface area contributed by atoms with Crippen LogP contribution in [0.25, 0.3) is 0 Å². The standard InChI is InChI=1S/C10H14FNS/c1-12(2)10(7-13)8-5-3-4-6-9(8)11/h3-6,10,13H,7H2,1-2H3/t10-/m0/s1. The van der Waals surface area contributed by atoms with Crippen molar-refractivity contribution in [3.8, 4) is 0 Å². The van der Waals surface area contributed by atoms with Crippen LogP contribution in [0.1, 0.15) is 11.6 Å². The normalized spacial score (nSPS) is 13.3. The Bertz CT molecular complexity index is 275. The fraction of sp³-hybridized carbons (Fsp3) is 0.400.